The Morgan fingerprint density at radius 2 is 1.64 bits per heavy atom. The van der Waals surface area contributed by atoms with Crippen molar-refractivity contribution < 1.29 is 22.3 Å². The number of methoxy groups -OCH3 is 2. The first-order valence-electron chi connectivity index (χ1n) is 6.36. The van der Waals surface area contributed by atoms with Crippen molar-refractivity contribution in [2.24, 2.45) is 0 Å². The maximum atomic E-state index is 13.0. The molecule has 22 heavy (non-hydrogen) atoms. The highest BCUT2D eigenvalue weighted by Crippen LogP contribution is 2.32. The quantitative estimate of drug-likeness (QED) is 0.848. The van der Waals surface area contributed by atoms with Crippen LogP contribution >= 0.6 is 0 Å². The fourth-order valence-corrected chi connectivity index (χ4v) is 3.29. The second-order valence-corrected chi connectivity index (χ2v) is 6.40. The summed E-state index contributed by atoms with van der Waals surface area (Å²) < 4.78 is 49.7. The number of benzene rings is 2. The predicted molar refractivity (Wildman–Crippen MR) is 81.5 cm³/mol. The smallest absolute Gasteiger partial charge is 0.267 e. The van der Waals surface area contributed by atoms with Gasteiger partial charge < -0.3 is 9.47 Å². The molecule has 0 N–H and O–H groups in total. The van der Waals surface area contributed by atoms with Gasteiger partial charge in [-0.15, -0.1) is 0 Å². The Bertz CT molecular complexity index is 760. The second-order valence-electron chi connectivity index (χ2n) is 4.47. The Morgan fingerprint density at radius 3 is 2.18 bits per heavy atom. The fourth-order valence-electron chi connectivity index (χ4n) is 1.92. The highest BCUT2D eigenvalue weighted by Gasteiger charge is 2.26. The predicted octanol–water partition coefficient (Wildman–Crippen LogP) is 2.67. The van der Waals surface area contributed by atoms with E-state index in [2.05, 4.69) is 0 Å². The summed E-state index contributed by atoms with van der Waals surface area (Å²) in [5.41, 5.74) is 0.339. The maximum Gasteiger partial charge on any atom is 0.267 e. The standard InChI is InChI=1S/C15H16FNO4S/c1-17(12-6-4-11(16)5-7-12)22(18,19)15-10-13(20-2)8-9-14(15)21-3/h4-10H,1-3H3. The van der Waals surface area contributed by atoms with Gasteiger partial charge in [0.2, 0.25) is 0 Å². The molecule has 5 nitrogen and oxygen atoms in total. The van der Waals surface area contributed by atoms with Crippen LogP contribution in [0.1, 0.15) is 0 Å². The molecule has 0 bridgehead atoms. The summed E-state index contributed by atoms with van der Waals surface area (Å²) in [6, 6.07) is 9.68. The number of sulfonamides is 1. The number of rotatable bonds is 5. The van der Waals surface area contributed by atoms with Crippen LogP contribution in [-0.4, -0.2) is 29.7 Å². The molecular weight excluding hydrogens is 309 g/mol. The van der Waals surface area contributed by atoms with E-state index in [1.165, 1.54) is 57.7 Å². The van der Waals surface area contributed by atoms with Crippen molar-refractivity contribution in [1.82, 2.24) is 0 Å². The van der Waals surface area contributed by atoms with E-state index in [9.17, 15) is 12.8 Å². The summed E-state index contributed by atoms with van der Waals surface area (Å²) >= 11 is 0. The molecule has 0 radical (unpaired) electrons. The third-order valence-corrected chi connectivity index (χ3v) is 5.01. The van der Waals surface area contributed by atoms with E-state index in [1.807, 2.05) is 0 Å². The summed E-state index contributed by atoms with van der Waals surface area (Å²) in [7, 11) is 0.350. The van der Waals surface area contributed by atoms with Crippen molar-refractivity contribution in [3.8, 4) is 11.5 Å². The zero-order valence-corrected chi connectivity index (χ0v) is 13.2. The van der Waals surface area contributed by atoms with E-state index >= 15 is 0 Å². The molecule has 2 aromatic rings. The molecule has 118 valence electrons. The summed E-state index contributed by atoms with van der Waals surface area (Å²) in [5, 5.41) is 0. The number of anilines is 1. The maximum absolute atomic E-state index is 13.0. The van der Waals surface area contributed by atoms with E-state index < -0.39 is 15.8 Å². The molecule has 0 fully saturated rings. The molecule has 0 heterocycles. The van der Waals surface area contributed by atoms with Crippen LogP contribution in [0.3, 0.4) is 0 Å². The number of ether oxygens (including phenoxy) is 2. The monoisotopic (exact) mass is 325 g/mol. The average molecular weight is 325 g/mol. The summed E-state index contributed by atoms with van der Waals surface area (Å²) in [6.07, 6.45) is 0. The Labute approximate surface area is 128 Å². The summed E-state index contributed by atoms with van der Waals surface area (Å²) in [4.78, 5) is -0.0267. The van der Waals surface area contributed by atoms with Crippen LogP contribution in [0.5, 0.6) is 11.5 Å². The topological polar surface area (TPSA) is 55.8 Å². The molecule has 0 saturated heterocycles. The molecular formula is C15H16FNO4S. The lowest BCUT2D eigenvalue weighted by atomic mass is 10.3. The molecule has 0 unspecified atom stereocenters. The third-order valence-electron chi connectivity index (χ3n) is 3.20. The van der Waals surface area contributed by atoms with Crippen molar-refractivity contribution in [2.45, 2.75) is 4.90 Å². The minimum absolute atomic E-state index is 0.0267. The molecule has 0 amide bonds. The van der Waals surface area contributed by atoms with Crippen LogP contribution in [0.15, 0.2) is 47.4 Å². The molecule has 2 rings (SSSR count). The van der Waals surface area contributed by atoms with Crippen LogP contribution in [0.25, 0.3) is 0 Å². The zero-order chi connectivity index (χ0) is 16.3. The van der Waals surface area contributed by atoms with E-state index in [1.54, 1.807) is 6.07 Å². The lowest BCUT2D eigenvalue weighted by Crippen LogP contribution is -2.27. The van der Waals surface area contributed by atoms with Crippen molar-refractivity contribution in [3.63, 3.8) is 0 Å². The molecule has 0 spiro atoms. The number of halogens is 1. The first kappa shape index (κ1) is 16.1. The summed E-state index contributed by atoms with van der Waals surface area (Å²) in [6.45, 7) is 0. The summed E-state index contributed by atoms with van der Waals surface area (Å²) in [5.74, 6) is 0.162. The van der Waals surface area contributed by atoms with Gasteiger partial charge in [0.25, 0.3) is 10.0 Å². The first-order chi connectivity index (χ1) is 10.4. The van der Waals surface area contributed by atoms with Crippen molar-refractivity contribution in [3.05, 3.63) is 48.3 Å². The molecule has 0 aliphatic rings. The number of hydrogen-bond donors (Lipinski definition) is 0. The average Bonchev–Trinajstić information content (AvgIpc) is 2.54. The molecule has 0 aliphatic carbocycles. The lowest BCUT2D eigenvalue weighted by Gasteiger charge is -2.21. The highest BCUT2D eigenvalue weighted by atomic mass is 32.2. The molecule has 7 heteroatoms. The largest absolute Gasteiger partial charge is 0.497 e. The zero-order valence-electron chi connectivity index (χ0n) is 12.4. The second kappa shape index (κ2) is 6.23. The van der Waals surface area contributed by atoms with Gasteiger partial charge in [-0.3, -0.25) is 4.31 Å². The number of nitrogens with zero attached hydrogens (tertiary/aromatic N) is 1. The molecule has 0 atom stereocenters. The van der Waals surface area contributed by atoms with Crippen molar-refractivity contribution in [1.29, 1.82) is 0 Å². The molecule has 0 aromatic heterocycles. The molecule has 2 aromatic carbocycles. The number of hydrogen-bond acceptors (Lipinski definition) is 4. The SMILES string of the molecule is COc1ccc(OC)c(S(=O)(=O)N(C)c2ccc(F)cc2)c1. The van der Waals surface area contributed by atoms with Crippen molar-refractivity contribution >= 4 is 15.7 Å². The van der Waals surface area contributed by atoms with Gasteiger partial charge in [-0.05, 0) is 36.4 Å². The van der Waals surface area contributed by atoms with Gasteiger partial charge in [0.05, 0.1) is 19.9 Å². The van der Waals surface area contributed by atoms with E-state index in [0.717, 1.165) is 4.31 Å². The van der Waals surface area contributed by atoms with Crippen LogP contribution in [0.4, 0.5) is 10.1 Å². The van der Waals surface area contributed by atoms with Gasteiger partial charge in [0, 0.05) is 13.1 Å². The fraction of sp³-hybridized carbons (Fsp3) is 0.200. The van der Waals surface area contributed by atoms with E-state index in [0.29, 0.717) is 11.4 Å². The van der Waals surface area contributed by atoms with Crippen LogP contribution in [0.2, 0.25) is 0 Å². The lowest BCUT2D eigenvalue weighted by molar-refractivity contribution is 0.392. The highest BCUT2D eigenvalue weighted by molar-refractivity contribution is 7.92. The normalized spacial score (nSPS) is 11.1. The van der Waals surface area contributed by atoms with Gasteiger partial charge in [-0.2, -0.15) is 0 Å². The minimum Gasteiger partial charge on any atom is -0.497 e. The Kier molecular flexibility index (Phi) is 4.56. The van der Waals surface area contributed by atoms with Crippen LogP contribution in [-0.2, 0) is 10.0 Å². The molecule has 0 saturated carbocycles. The van der Waals surface area contributed by atoms with Gasteiger partial charge in [0.1, 0.15) is 22.2 Å². The molecule has 0 aliphatic heterocycles. The Hall–Kier alpha value is -2.28. The van der Waals surface area contributed by atoms with Crippen LogP contribution in [0, 0.1) is 5.82 Å². The van der Waals surface area contributed by atoms with Gasteiger partial charge in [0.15, 0.2) is 0 Å². The van der Waals surface area contributed by atoms with Crippen LogP contribution < -0.4 is 13.8 Å². The van der Waals surface area contributed by atoms with Gasteiger partial charge in [-0.25, -0.2) is 12.8 Å². The van der Waals surface area contributed by atoms with Gasteiger partial charge in [-0.1, -0.05) is 0 Å². The minimum atomic E-state index is -3.87. The van der Waals surface area contributed by atoms with Crippen molar-refractivity contribution in [2.75, 3.05) is 25.6 Å². The van der Waals surface area contributed by atoms with E-state index in [4.69, 9.17) is 9.47 Å². The van der Waals surface area contributed by atoms with E-state index in [-0.39, 0.29) is 10.6 Å². The third kappa shape index (κ3) is 2.99. The Morgan fingerprint density at radius 1 is 1.00 bits per heavy atom. The van der Waals surface area contributed by atoms with Gasteiger partial charge >= 0.3 is 0 Å². The Balaban J connectivity index is 2.51. The first-order valence-corrected chi connectivity index (χ1v) is 7.80.